The minimum atomic E-state index is 0.753. The number of likely N-dealkylation sites (tertiary alicyclic amines) is 1. The third-order valence-electron chi connectivity index (χ3n) is 4.34. The van der Waals surface area contributed by atoms with Crippen molar-refractivity contribution in [2.45, 2.75) is 41.9 Å². The number of likely N-dealkylation sites (N-methyl/N-ethyl adjacent to an activating group) is 1. The van der Waals surface area contributed by atoms with Gasteiger partial charge in [0.05, 0.1) is 0 Å². The third-order valence-corrected chi connectivity index (χ3v) is 5.64. The molecule has 0 aromatic heterocycles. The molecule has 0 bridgehead atoms. The van der Waals surface area contributed by atoms with Gasteiger partial charge in [-0.3, -0.25) is 4.90 Å². The van der Waals surface area contributed by atoms with Crippen LogP contribution in [0.2, 0.25) is 0 Å². The van der Waals surface area contributed by atoms with Crippen molar-refractivity contribution < 1.29 is 0 Å². The monoisotopic (exact) mass is 276 g/mol. The molecule has 0 aliphatic carbocycles. The molecule has 3 heteroatoms. The van der Waals surface area contributed by atoms with Crippen LogP contribution in [0.15, 0.2) is 29.2 Å². The van der Waals surface area contributed by atoms with Crippen molar-refractivity contribution in [2.24, 2.45) is 0 Å². The highest BCUT2D eigenvalue weighted by molar-refractivity contribution is 8.00. The highest BCUT2D eigenvalue weighted by Gasteiger charge is 2.28. The summed E-state index contributed by atoms with van der Waals surface area (Å²) in [4.78, 5) is 4.23. The lowest BCUT2D eigenvalue weighted by Crippen LogP contribution is -2.47. The van der Waals surface area contributed by atoms with Crippen LogP contribution >= 0.6 is 11.8 Å². The Labute approximate surface area is 121 Å². The van der Waals surface area contributed by atoms with Crippen molar-refractivity contribution in [3.63, 3.8) is 0 Å². The second-order valence-electron chi connectivity index (χ2n) is 5.75. The van der Waals surface area contributed by atoms with E-state index in [1.54, 1.807) is 5.56 Å². The van der Waals surface area contributed by atoms with Gasteiger partial charge >= 0.3 is 0 Å². The minimum Gasteiger partial charge on any atom is -0.318 e. The summed E-state index contributed by atoms with van der Waals surface area (Å²) in [6, 6.07) is 9.67. The topological polar surface area (TPSA) is 15.3 Å². The summed E-state index contributed by atoms with van der Waals surface area (Å²) in [5.41, 5.74) is 1.56. The quantitative estimate of drug-likeness (QED) is 0.910. The molecule has 2 atom stereocenters. The predicted molar refractivity (Wildman–Crippen MR) is 82.9 cm³/mol. The Morgan fingerprint density at radius 3 is 3.05 bits per heavy atom. The molecule has 0 spiro atoms. The molecule has 2 heterocycles. The van der Waals surface area contributed by atoms with Crippen LogP contribution in [0.25, 0.3) is 0 Å². The SMILES string of the molecule is CNCC1CCCCN1CC1Cc2ccccc2S1. The zero-order valence-electron chi connectivity index (χ0n) is 11.8. The number of hydrogen-bond acceptors (Lipinski definition) is 3. The molecule has 1 saturated heterocycles. The van der Waals surface area contributed by atoms with Crippen LogP contribution < -0.4 is 5.32 Å². The van der Waals surface area contributed by atoms with Gasteiger partial charge in [0, 0.05) is 29.3 Å². The molecule has 3 rings (SSSR count). The van der Waals surface area contributed by atoms with Gasteiger partial charge in [0.2, 0.25) is 0 Å². The average Bonchev–Trinajstić information content (AvgIpc) is 2.83. The Balaban J connectivity index is 1.60. The molecule has 0 radical (unpaired) electrons. The molecule has 2 aliphatic rings. The van der Waals surface area contributed by atoms with Gasteiger partial charge in [-0.1, -0.05) is 24.6 Å². The summed E-state index contributed by atoms with van der Waals surface area (Å²) < 4.78 is 0. The molecule has 2 aliphatic heterocycles. The fourth-order valence-corrected chi connectivity index (χ4v) is 4.73. The Bertz CT molecular complexity index is 394. The Morgan fingerprint density at radius 1 is 1.32 bits per heavy atom. The standard InChI is InChI=1S/C16H24N2S/c1-17-11-14-7-4-5-9-18(14)12-15-10-13-6-2-3-8-16(13)19-15/h2-3,6,8,14-15,17H,4-5,7,9-12H2,1H3. The van der Waals surface area contributed by atoms with Gasteiger partial charge in [0.25, 0.3) is 0 Å². The molecule has 1 aromatic rings. The van der Waals surface area contributed by atoms with Crippen molar-refractivity contribution >= 4 is 11.8 Å². The first-order valence-corrected chi connectivity index (χ1v) is 8.38. The number of thioether (sulfide) groups is 1. The number of fused-ring (bicyclic) bond motifs is 1. The van der Waals surface area contributed by atoms with Crippen LogP contribution in [0.4, 0.5) is 0 Å². The fourth-order valence-electron chi connectivity index (χ4n) is 3.38. The average molecular weight is 276 g/mol. The van der Waals surface area contributed by atoms with Crippen LogP contribution in [0.5, 0.6) is 0 Å². The van der Waals surface area contributed by atoms with Crippen molar-refractivity contribution in [1.29, 1.82) is 0 Å². The van der Waals surface area contributed by atoms with Gasteiger partial charge in [-0.15, -0.1) is 11.8 Å². The lowest BCUT2D eigenvalue weighted by molar-refractivity contribution is 0.148. The van der Waals surface area contributed by atoms with E-state index in [0.29, 0.717) is 0 Å². The third kappa shape index (κ3) is 3.15. The fraction of sp³-hybridized carbons (Fsp3) is 0.625. The lowest BCUT2D eigenvalue weighted by Gasteiger charge is -2.37. The minimum absolute atomic E-state index is 0.753. The molecule has 2 nitrogen and oxygen atoms in total. The molecule has 2 unspecified atom stereocenters. The number of piperidine rings is 1. The molecular weight excluding hydrogens is 252 g/mol. The van der Waals surface area contributed by atoms with Crippen molar-refractivity contribution in [1.82, 2.24) is 10.2 Å². The normalized spacial score (nSPS) is 27.4. The molecule has 1 aromatic carbocycles. The van der Waals surface area contributed by atoms with Gasteiger partial charge in [0.1, 0.15) is 0 Å². The summed E-state index contributed by atoms with van der Waals surface area (Å²) in [7, 11) is 2.08. The van der Waals surface area contributed by atoms with Gasteiger partial charge in [-0.25, -0.2) is 0 Å². The highest BCUT2D eigenvalue weighted by atomic mass is 32.2. The van der Waals surface area contributed by atoms with Crippen LogP contribution in [0, 0.1) is 0 Å². The number of nitrogens with one attached hydrogen (secondary N) is 1. The van der Waals surface area contributed by atoms with E-state index in [0.717, 1.165) is 17.8 Å². The van der Waals surface area contributed by atoms with Crippen LogP contribution in [0.3, 0.4) is 0 Å². The van der Waals surface area contributed by atoms with Crippen molar-refractivity contribution in [3.05, 3.63) is 29.8 Å². The van der Waals surface area contributed by atoms with Gasteiger partial charge in [-0.05, 0) is 44.5 Å². The van der Waals surface area contributed by atoms with Gasteiger partial charge in [-0.2, -0.15) is 0 Å². The summed E-state index contributed by atoms with van der Waals surface area (Å²) in [5, 5.41) is 4.12. The van der Waals surface area contributed by atoms with E-state index < -0.39 is 0 Å². The zero-order valence-corrected chi connectivity index (χ0v) is 12.6. The smallest absolute Gasteiger partial charge is 0.0263 e. The highest BCUT2D eigenvalue weighted by Crippen LogP contribution is 2.37. The molecule has 0 saturated carbocycles. The van der Waals surface area contributed by atoms with Gasteiger partial charge in [0.15, 0.2) is 0 Å². The molecule has 0 amide bonds. The predicted octanol–water partition coefficient (Wildman–Crippen LogP) is 2.78. The summed E-state index contributed by atoms with van der Waals surface area (Å²) >= 11 is 2.09. The van der Waals surface area contributed by atoms with Crippen LogP contribution in [-0.2, 0) is 6.42 Å². The first-order chi connectivity index (χ1) is 9.36. The number of benzene rings is 1. The zero-order chi connectivity index (χ0) is 13.1. The molecular formula is C16H24N2S. The van der Waals surface area contributed by atoms with Crippen LogP contribution in [-0.4, -0.2) is 42.9 Å². The maximum atomic E-state index is 3.36. The summed E-state index contributed by atoms with van der Waals surface area (Å²) in [5.74, 6) is 0. The first-order valence-electron chi connectivity index (χ1n) is 7.50. The molecule has 104 valence electrons. The van der Waals surface area contributed by atoms with E-state index in [4.69, 9.17) is 0 Å². The second-order valence-corrected chi connectivity index (χ2v) is 7.10. The molecule has 1 N–H and O–H groups in total. The van der Waals surface area contributed by atoms with Crippen molar-refractivity contribution in [3.8, 4) is 0 Å². The maximum absolute atomic E-state index is 3.36. The van der Waals surface area contributed by atoms with E-state index in [1.165, 1.54) is 43.7 Å². The maximum Gasteiger partial charge on any atom is 0.0263 e. The van der Waals surface area contributed by atoms with E-state index in [1.807, 2.05) is 0 Å². The largest absolute Gasteiger partial charge is 0.318 e. The van der Waals surface area contributed by atoms with E-state index >= 15 is 0 Å². The van der Waals surface area contributed by atoms with E-state index in [9.17, 15) is 0 Å². The Morgan fingerprint density at radius 2 is 2.21 bits per heavy atom. The molecule has 19 heavy (non-hydrogen) atoms. The number of nitrogens with zero attached hydrogens (tertiary/aromatic N) is 1. The second kappa shape index (κ2) is 6.29. The van der Waals surface area contributed by atoms with E-state index in [-0.39, 0.29) is 0 Å². The summed E-state index contributed by atoms with van der Waals surface area (Å²) in [6.45, 7) is 3.69. The summed E-state index contributed by atoms with van der Waals surface area (Å²) in [6.07, 6.45) is 5.40. The van der Waals surface area contributed by atoms with Crippen molar-refractivity contribution in [2.75, 3.05) is 26.7 Å². The number of rotatable bonds is 4. The molecule has 1 fully saturated rings. The van der Waals surface area contributed by atoms with Gasteiger partial charge < -0.3 is 5.32 Å². The lowest BCUT2D eigenvalue weighted by atomic mass is 10.0. The first kappa shape index (κ1) is 13.5. The van der Waals surface area contributed by atoms with E-state index in [2.05, 4.69) is 53.3 Å². The van der Waals surface area contributed by atoms with Crippen LogP contribution in [0.1, 0.15) is 24.8 Å². The number of hydrogen-bond donors (Lipinski definition) is 1. The Hall–Kier alpha value is -0.510. The Kier molecular flexibility index (Phi) is 4.46.